The predicted molar refractivity (Wildman–Crippen MR) is 104 cm³/mol. The van der Waals surface area contributed by atoms with Crippen molar-refractivity contribution in [2.75, 3.05) is 13.2 Å². The van der Waals surface area contributed by atoms with E-state index in [4.69, 9.17) is 9.47 Å². The Hall–Kier alpha value is -2.58. The molecule has 3 heterocycles. The number of carbonyl (C=O) groups excluding carboxylic acids is 1. The van der Waals surface area contributed by atoms with Crippen LogP contribution in [0.15, 0.2) is 36.7 Å². The van der Waals surface area contributed by atoms with Gasteiger partial charge in [-0.15, -0.1) is 0 Å². The van der Waals surface area contributed by atoms with Gasteiger partial charge in [0.15, 0.2) is 11.5 Å². The lowest BCUT2D eigenvalue weighted by Gasteiger charge is -2.26. The van der Waals surface area contributed by atoms with Gasteiger partial charge >= 0.3 is 0 Å². The Bertz CT molecular complexity index is 822. The van der Waals surface area contributed by atoms with Crippen LogP contribution in [-0.2, 0) is 11.3 Å². The maximum atomic E-state index is 12.5. The molecule has 0 spiro atoms. The first-order valence-electron chi connectivity index (χ1n) is 9.78. The third kappa shape index (κ3) is 4.13. The van der Waals surface area contributed by atoms with Crippen molar-refractivity contribution in [3.05, 3.63) is 42.5 Å². The quantitative estimate of drug-likeness (QED) is 0.692. The van der Waals surface area contributed by atoms with Crippen LogP contribution in [-0.4, -0.2) is 46.8 Å². The summed E-state index contributed by atoms with van der Waals surface area (Å²) in [6, 6.07) is 7.47. The summed E-state index contributed by atoms with van der Waals surface area (Å²) >= 11 is 0. The van der Waals surface area contributed by atoms with Crippen LogP contribution in [0.2, 0.25) is 0 Å². The summed E-state index contributed by atoms with van der Waals surface area (Å²) in [5.41, 5.74) is 6.33. The van der Waals surface area contributed by atoms with Crippen molar-refractivity contribution in [1.29, 1.82) is 0 Å². The van der Waals surface area contributed by atoms with Crippen molar-refractivity contribution in [3.63, 3.8) is 0 Å². The molecule has 2 aromatic rings. The smallest absolute Gasteiger partial charge is 0.238 e. The van der Waals surface area contributed by atoms with E-state index in [9.17, 15) is 4.79 Å². The zero-order chi connectivity index (χ0) is 19.5. The number of nitrogens with one attached hydrogen (secondary N) is 3. The highest BCUT2D eigenvalue weighted by Gasteiger charge is 2.30. The Balaban J connectivity index is 1.24. The van der Waals surface area contributed by atoms with Gasteiger partial charge in [0, 0.05) is 30.9 Å². The molecule has 1 amide bonds. The molecule has 2 aliphatic heterocycles. The number of ether oxygens (including phenoxy) is 2. The van der Waals surface area contributed by atoms with E-state index in [1.54, 1.807) is 0 Å². The monoisotopic (exact) mass is 385 g/mol. The van der Waals surface area contributed by atoms with Crippen LogP contribution in [0.1, 0.15) is 32.0 Å². The molecule has 0 saturated carbocycles. The van der Waals surface area contributed by atoms with Crippen LogP contribution < -0.4 is 25.6 Å². The minimum atomic E-state index is -0.271. The first-order valence-corrected chi connectivity index (χ1v) is 9.78. The second kappa shape index (κ2) is 8.20. The Kier molecular flexibility index (Phi) is 5.50. The van der Waals surface area contributed by atoms with Gasteiger partial charge in [-0.3, -0.25) is 10.2 Å². The summed E-state index contributed by atoms with van der Waals surface area (Å²) in [4.78, 5) is 16.9. The third-order valence-corrected chi connectivity index (χ3v) is 5.05. The number of amides is 1. The van der Waals surface area contributed by atoms with Gasteiger partial charge in [-0.2, -0.15) is 0 Å². The number of hydrogen-bond donors (Lipinski definition) is 3. The van der Waals surface area contributed by atoms with Gasteiger partial charge in [0.25, 0.3) is 0 Å². The molecule has 1 aromatic carbocycles. The number of aromatic nitrogens is 2. The lowest BCUT2D eigenvalue weighted by atomic mass is 10.1. The predicted octanol–water partition coefficient (Wildman–Crippen LogP) is 1.20. The fourth-order valence-electron chi connectivity index (χ4n) is 3.63. The molecule has 150 valence electrons. The molecular formula is C20H27N5O3. The van der Waals surface area contributed by atoms with Crippen molar-refractivity contribution < 1.29 is 14.3 Å². The Morgan fingerprint density at radius 3 is 2.96 bits per heavy atom. The van der Waals surface area contributed by atoms with Gasteiger partial charge in [-0.1, -0.05) is 26.0 Å². The third-order valence-electron chi connectivity index (χ3n) is 5.05. The molecule has 28 heavy (non-hydrogen) atoms. The summed E-state index contributed by atoms with van der Waals surface area (Å²) in [6.45, 7) is 5.88. The molecule has 2 aliphatic rings. The summed E-state index contributed by atoms with van der Waals surface area (Å²) in [6.07, 6.45) is 4.34. The molecule has 0 radical (unpaired) electrons. The number of hydrogen-bond acceptors (Lipinski definition) is 6. The molecule has 3 unspecified atom stereocenters. The van der Waals surface area contributed by atoms with Crippen molar-refractivity contribution in [1.82, 2.24) is 25.7 Å². The zero-order valence-corrected chi connectivity index (χ0v) is 16.2. The van der Waals surface area contributed by atoms with E-state index in [-0.39, 0.29) is 24.1 Å². The number of para-hydroxylation sites is 2. The summed E-state index contributed by atoms with van der Waals surface area (Å²) in [5, 5.41) is 2.97. The average Bonchev–Trinajstić information content (AvgIpc) is 3.36. The van der Waals surface area contributed by atoms with Crippen LogP contribution in [0, 0.1) is 0 Å². The van der Waals surface area contributed by atoms with Crippen molar-refractivity contribution in [2.45, 2.75) is 50.9 Å². The van der Waals surface area contributed by atoms with Crippen LogP contribution in [0.25, 0.3) is 0 Å². The number of carbonyl (C=O) groups is 1. The van der Waals surface area contributed by atoms with Crippen LogP contribution in [0.4, 0.5) is 0 Å². The molecular weight excluding hydrogens is 358 g/mol. The SMILES string of the molecule is CC(C)c1nccn1CC1CC(C(=O)NCC2COc3ccccc3O2)NN1. The number of fused-ring (bicyclic) bond motifs is 1. The minimum absolute atomic E-state index is 0.0350. The molecule has 1 saturated heterocycles. The van der Waals surface area contributed by atoms with E-state index in [1.807, 2.05) is 36.7 Å². The lowest BCUT2D eigenvalue weighted by Crippen LogP contribution is -2.47. The molecule has 0 bridgehead atoms. The minimum Gasteiger partial charge on any atom is -0.486 e. The van der Waals surface area contributed by atoms with E-state index in [0.29, 0.717) is 25.5 Å². The largest absolute Gasteiger partial charge is 0.486 e. The van der Waals surface area contributed by atoms with Crippen molar-refractivity contribution in [2.24, 2.45) is 0 Å². The van der Waals surface area contributed by atoms with Crippen molar-refractivity contribution >= 4 is 5.91 Å². The number of benzene rings is 1. The Labute approximate surface area is 164 Å². The molecule has 0 aliphatic carbocycles. The van der Waals surface area contributed by atoms with E-state index in [0.717, 1.165) is 23.9 Å². The number of nitrogens with zero attached hydrogens (tertiary/aromatic N) is 2. The topological polar surface area (TPSA) is 89.4 Å². The van der Waals surface area contributed by atoms with Crippen LogP contribution >= 0.6 is 0 Å². The van der Waals surface area contributed by atoms with E-state index in [2.05, 4.69) is 39.6 Å². The summed E-state index contributed by atoms with van der Waals surface area (Å²) < 4.78 is 13.7. The van der Waals surface area contributed by atoms with Crippen molar-refractivity contribution in [3.8, 4) is 11.5 Å². The van der Waals surface area contributed by atoms with Crippen LogP contribution in [0.3, 0.4) is 0 Å². The maximum Gasteiger partial charge on any atom is 0.238 e. The molecule has 8 nitrogen and oxygen atoms in total. The van der Waals surface area contributed by atoms with Gasteiger partial charge in [0.1, 0.15) is 24.6 Å². The van der Waals surface area contributed by atoms with Gasteiger partial charge in [-0.05, 0) is 18.6 Å². The fraction of sp³-hybridized carbons (Fsp3) is 0.500. The molecule has 8 heteroatoms. The highest BCUT2D eigenvalue weighted by Crippen LogP contribution is 2.30. The van der Waals surface area contributed by atoms with Gasteiger partial charge in [0.05, 0.1) is 6.54 Å². The first-order chi connectivity index (χ1) is 13.6. The number of imidazole rings is 1. The molecule has 3 N–H and O–H groups in total. The second-order valence-electron chi connectivity index (χ2n) is 7.61. The van der Waals surface area contributed by atoms with Gasteiger partial charge in [0.2, 0.25) is 5.91 Å². The zero-order valence-electron chi connectivity index (χ0n) is 16.2. The highest BCUT2D eigenvalue weighted by atomic mass is 16.6. The molecule has 1 fully saturated rings. The molecule has 1 aromatic heterocycles. The lowest BCUT2D eigenvalue weighted by molar-refractivity contribution is -0.123. The van der Waals surface area contributed by atoms with Crippen LogP contribution in [0.5, 0.6) is 11.5 Å². The van der Waals surface area contributed by atoms with Gasteiger partial charge in [-0.25, -0.2) is 10.4 Å². The molecule has 4 rings (SSSR count). The molecule has 3 atom stereocenters. The Morgan fingerprint density at radius 2 is 2.14 bits per heavy atom. The summed E-state index contributed by atoms with van der Waals surface area (Å²) in [5.74, 6) is 2.85. The standard InChI is InChI=1S/C20H27N5O3/c1-13(2)19-21-7-8-25(19)11-14-9-16(24-23-14)20(26)22-10-15-12-27-17-5-3-4-6-18(17)28-15/h3-8,13-16,23-24H,9-12H2,1-2H3,(H,22,26). The van der Waals surface area contributed by atoms with E-state index >= 15 is 0 Å². The Morgan fingerprint density at radius 1 is 1.32 bits per heavy atom. The second-order valence-corrected chi connectivity index (χ2v) is 7.61. The first kappa shape index (κ1) is 18.8. The van der Waals surface area contributed by atoms with E-state index < -0.39 is 0 Å². The van der Waals surface area contributed by atoms with E-state index in [1.165, 1.54) is 0 Å². The summed E-state index contributed by atoms with van der Waals surface area (Å²) in [7, 11) is 0. The fourth-order valence-corrected chi connectivity index (χ4v) is 3.63. The highest BCUT2D eigenvalue weighted by molar-refractivity contribution is 5.82. The number of rotatable bonds is 6. The normalized spacial score (nSPS) is 23.8. The van der Waals surface area contributed by atoms with Gasteiger partial charge < -0.3 is 19.4 Å². The maximum absolute atomic E-state index is 12.5. The average molecular weight is 385 g/mol. The number of hydrazine groups is 1.